The van der Waals surface area contributed by atoms with Crippen LogP contribution in [0.3, 0.4) is 0 Å². The minimum atomic E-state index is -1.72. The molecule has 3 saturated carbocycles. The van der Waals surface area contributed by atoms with Gasteiger partial charge in [0.1, 0.15) is 48.8 Å². The highest BCUT2D eigenvalue weighted by molar-refractivity contribution is 5.26. The Morgan fingerprint density at radius 3 is 2.21 bits per heavy atom. The molecule has 3 aliphatic heterocycles. The Hall–Kier alpha value is -0.780. The van der Waals surface area contributed by atoms with Crippen molar-refractivity contribution in [3.05, 3.63) is 11.6 Å². The van der Waals surface area contributed by atoms with Crippen molar-refractivity contribution >= 4 is 0 Å². The second-order valence-electron chi connectivity index (χ2n) is 18.7. The van der Waals surface area contributed by atoms with Crippen molar-refractivity contribution in [3.63, 3.8) is 0 Å². The molecule has 0 spiro atoms. The average molecular weight is 754 g/mol. The monoisotopic (exact) mass is 753 g/mol. The molecule has 13 nitrogen and oxygen atoms in total. The SMILES string of the molecule is CC1CCC(C(C)C2C(O)CC3C4CC=C5CC(OC6OC(CO)C(OC7OC(CO)C(O)C(O)C7O)C(O)C6O)CCC5(C)C4CCC32C)N(C)C1. The molecule has 3 saturated heterocycles. The van der Waals surface area contributed by atoms with Crippen LogP contribution < -0.4 is 0 Å². The second kappa shape index (κ2) is 15.5. The summed E-state index contributed by atoms with van der Waals surface area (Å²) in [5.41, 5.74) is 1.50. The Bertz CT molecular complexity index is 1300. The number of hydrogen-bond donors (Lipinski definition) is 8. The molecule has 0 amide bonds. The summed E-state index contributed by atoms with van der Waals surface area (Å²) in [5, 5.41) is 84.5. The summed E-state index contributed by atoms with van der Waals surface area (Å²) in [5.74, 6) is 3.02. The predicted molar refractivity (Wildman–Crippen MR) is 192 cm³/mol. The van der Waals surface area contributed by atoms with Gasteiger partial charge in [-0.3, -0.25) is 0 Å². The van der Waals surface area contributed by atoms with Crippen LogP contribution in [0.4, 0.5) is 0 Å². The number of aliphatic hydroxyl groups excluding tert-OH is 8. The number of fused-ring (bicyclic) bond motifs is 5. The predicted octanol–water partition coefficient (Wildman–Crippen LogP) is 0.912. The summed E-state index contributed by atoms with van der Waals surface area (Å²) in [4.78, 5) is 2.56. The molecule has 21 atom stereocenters. The highest BCUT2D eigenvalue weighted by Gasteiger charge is 2.63. The first-order valence-corrected chi connectivity index (χ1v) is 20.4. The number of hydrogen-bond acceptors (Lipinski definition) is 13. The molecule has 6 fully saturated rings. The van der Waals surface area contributed by atoms with Crippen LogP contribution in [0, 0.1) is 46.3 Å². The smallest absolute Gasteiger partial charge is 0.187 e. The van der Waals surface area contributed by atoms with Crippen molar-refractivity contribution in [1.29, 1.82) is 0 Å². The van der Waals surface area contributed by atoms with E-state index in [0.29, 0.717) is 42.1 Å². The van der Waals surface area contributed by atoms with Gasteiger partial charge < -0.3 is 64.7 Å². The molecular weight excluding hydrogens is 686 g/mol. The molecule has 8 N–H and O–H groups in total. The van der Waals surface area contributed by atoms with Crippen LogP contribution in [0.1, 0.15) is 85.5 Å². The minimum absolute atomic E-state index is 0.0159. The first-order chi connectivity index (χ1) is 25.1. The zero-order valence-electron chi connectivity index (χ0n) is 32.2. The van der Waals surface area contributed by atoms with E-state index in [1.807, 2.05) is 0 Å². The molecule has 13 heteroatoms. The summed E-state index contributed by atoms with van der Waals surface area (Å²) in [6.07, 6.45) is -3.90. The third-order valence-electron chi connectivity index (χ3n) is 15.7. The van der Waals surface area contributed by atoms with Crippen molar-refractivity contribution in [2.24, 2.45) is 46.3 Å². The third kappa shape index (κ3) is 6.99. The highest BCUT2D eigenvalue weighted by atomic mass is 16.7. The Morgan fingerprint density at radius 2 is 1.51 bits per heavy atom. The van der Waals surface area contributed by atoms with Gasteiger partial charge in [-0.25, -0.2) is 0 Å². The molecule has 0 bridgehead atoms. The molecule has 4 aliphatic carbocycles. The maximum Gasteiger partial charge on any atom is 0.187 e. The van der Waals surface area contributed by atoms with Crippen molar-refractivity contribution < 1.29 is 59.8 Å². The maximum atomic E-state index is 11.8. The summed E-state index contributed by atoms with van der Waals surface area (Å²) in [7, 11) is 2.27. The average Bonchev–Trinajstić information content (AvgIpc) is 3.40. The standard InChI is InChI=1S/C40H67NO12/c1-19-6-9-26(41(5)16-19)20(2)30-27(44)15-25-23-8-7-21-14-22(10-12-39(21,3)24(23)11-13-40(25,30)4)50-37-35(49)33(47)36(29(18-43)52-37)53-38-34(48)32(46)31(45)28(17-42)51-38/h7,19-20,22-38,42-49H,6,8-18H2,1-5H3. The van der Waals surface area contributed by atoms with Gasteiger partial charge in [-0.15, -0.1) is 0 Å². The van der Waals surface area contributed by atoms with E-state index in [0.717, 1.165) is 51.0 Å². The third-order valence-corrected chi connectivity index (χ3v) is 15.7. The molecule has 304 valence electrons. The molecular formula is C40H67NO12. The van der Waals surface area contributed by atoms with Gasteiger partial charge in [-0.05, 0) is 111 Å². The van der Waals surface area contributed by atoms with Gasteiger partial charge in [0.2, 0.25) is 0 Å². The van der Waals surface area contributed by atoms with Crippen molar-refractivity contribution in [3.8, 4) is 0 Å². The lowest BCUT2D eigenvalue weighted by atomic mass is 9.46. The number of allylic oxidation sites excluding steroid dienone is 1. The number of ether oxygens (including phenoxy) is 4. The molecule has 0 aromatic rings. The summed E-state index contributed by atoms with van der Waals surface area (Å²) >= 11 is 0. The molecule has 0 aromatic carbocycles. The van der Waals surface area contributed by atoms with E-state index >= 15 is 0 Å². The van der Waals surface area contributed by atoms with Crippen molar-refractivity contribution in [1.82, 2.24) is 4.90 Å². The number of piperidine rings is 1. The normalized spacial score (nSPS) is 54.0. The van der Waals surface area contributed by atoms with Gasteiger partial charge in [0.25, 0.3) is 0 Å². The van der Waals surface area contributed by atoms with Crippen LogP contribution in [0.25, 0.3) is 0 Å². The Labute approximate surface area is 314 Å². The van der Waals surface area contributed by atoms with E-state index < -0.39 is 74.6 Å². The number of rotatable bonds is 8. The van der Waals surface area contributed by atoms with E-state index in [1.54, 1.807) is 0 Å². The molecule has 0 radical (unpaired) electrons. The summed E-state index contributed by atoms with van der Waals surface area (Å²) in [6, 6.07) is 0.520. The molecule has 3 heterocycles. The highest BCUT2D eigenvalue weighted by Crippen LogP contribution is 2.67. The van der Waals surface area contributed by atoms with Gasteiger partial charge in [-0.2, -0.15) is 0 Å². The van der Waals surface area contributed by atoms with Crippen LogP contribution in [0.15, 0.2) is 11.6 Å². The second-order valence-corrected chi connectivity index (χ2v) is 18.7. The van der Waals surface area contributed by atoms with Crippen LogP contribution in [0.5, 0.6) is 0 Å². The molecule has 21 unspecified atom stereocenters. The van der Waals surface area contributed by atoms with Crippen molar-refractivity contribution in [2.75, 3.05) is 26.8 Å². The van der Waals surface area contributed by atoms with Gasteiger partial charge >= 0.3 is 0 Å². The molecule has 53 heavy (non-hydrogen) atoms. The number of likely N-dealkylation sites (tertiary alicyclic amines) is 1. The quantitative estimate of drug-likeness (QED) is 0.163. The van der Waals surface area contributed by atoms with Gasteiger partial charge in [-0.1, -0.05) is 39.3 Å². The zero-order valence-corrected chi connectivity index (χ0v) is 32.2. The van der Waals surface area contributed by atoms with Gasteiger partial charge in [0.15, 0.2) is 12.6 Å². The van der Waals surface area contributed by atoms with E-state index in [1.165, 1.54) is 18.4 Å². The fourth-order valence-electron chi connectivity index (χ4n) is 12.9. The summed E-state index contributed by atoms with van der Waals surface area (Å²) in [6.45, 7) is 9.54. The summed E-state index contributed by atoms with van der Waals surface area (Å²) < 4.78 is 23.5. The molecule has 7 aliphatic rings. The lowest BCUT2D eigenvalue weighted by Crippen LogP contribution is -2.65. The van der Waals surface area contributed by atoms with Crippen LogP contribution >= 0.6 is 0 Å². The fraction of sp³-hybridized carbons (Fsp3) is 0.950. The Kier molecular flexibility index (Phi) is 11.8. The Balaban J connectivity index is 0.996. The maximum absolute atomic E-state index is 11.8. The minimum Gasteiger partial charge on any atom is -0.394 e. The lowest BCUT2D eigenvalue weighted by molar-refractivity contribution is -0.363. The zero-order chi connectivity index (χ0) is 38.1. The number of nitrogens with zero attached hydrogens (tertiary/aromatic N) is 1. The van der Waals surface area contributed by atoms with Crippen molar-refractivity contribution in [2.45, 2.75) is 165 Å². The number of aliphatic hydroxyl groups is 8. The van der Waals surface area contributed by atoms with Gasteiger partial charge in [0.05, 0.1) is 25.4 Å². The van der Waals surface area contributed by atoms with Crippen LogP contribution in [-0.4, -0.2) is 152 Å². The van der Waals surface area contributed by atoms with Crippen LogP contribution in [-0.2, 0) is 18.9 Å². The van der Waals surface area contributed by atoms with E-state index in [2.05, 4.69) is 45.7 Å². The topological polar surface area (TPSA) is 202 Å². The lowest BCUT2D eigenvalue weighted by Gasteiger charge is -2.59. The van der Waals surface area contributed by atoms with Gasteiger partial charge in [0, 0.05) is 12.6 Å². The largest absolute Gasteiger partial charge is 0.394 e. The van der Waals surface area contributed by atoms with Crippen LogP contribution in [0.2, 0.25) is 0 Å². The first-order valence-electron chi connectivity index (χ1n) is 20.4. The Morgan fingerprint density at radius 1 is 0.830 bits per heavy atom. The fourth-order valence-corrected chi connectivity index (χ4v) is 12.9. The van der Waals surface area contributed by atoms with E-state index in [-0.39, 0.29) is 23.0 Å². The van der Waals surface area contributed by atoms with E-state index in [9.17, 15) is 40.9 Å². The first kappa shape index (κ1) is 40.4. The molecule has 7 rings (SSSR count). The van der Waals surface area contributed by atoms with E-state index in [4.69, 9.17) is 18.9 Å². The molecule has 0 aromatic heterocycles.